The lowest BCUT2D eigenvalue weighted by Gasteiger charge is -2.40. The second-order valence-electron chi connectivity index (χ2n) is 5.72. The van der Waals surface area contributed by atoms with Crippen LogP contribution in [0, 0.1) is 12.3 Å². The predicted octanol–water partition coefficient (Wildman–Crippen LogP) is 4.42. The van der Waals surface area contributed by atoms with Gasteiger partial charge < -0.3 is 5.32 Å². The van der Waals surface area contributed by atoms with Gasteiger partial charge in [0.25, 0.3) is 0 Å². The molecule has 94 valence electrons. The highest BCUT2D eigenvalue weighted by molar-refractivity contribution is 6.32. The van der Waals surface area contributed by atoms with Crippen molar-refractivity contribution in [2.24, 2.45) is 5.41 Å². The highest BCUT2D eigenvalue weighted by Gasteiger charge is 2.32. The number of aromatic nitrogens is 1. The number of nitrogens with one attached hydrogen (secondary N) is 1. The molecule has 3 heteroatoms. The second-order valence-corrected chi connectivity index (χ2v) is 6.08. The number of hydrogen-bond acceptors (Lipinski definition) is 2. The third-order valence-electron chi connectivity index (χ3n) is 3.94. The Balaban J connectivity index is 2.20. The third-order valence-corrected chi connectivity index (χ3v) is 4.23. The van der Waals surface area contributed by atoms with Gasteiger partial charge in [-0.05, 0) is 36.8 Å². The van der Waals surface area contributed by atoms with Crippen molar-refractivity contribution in [1.29, 1.82) is 0 Å². The molecule has 1 aromatic heterocycles. The molecule has 1 aliphatic rings. The van der Waals surface area contributed by atoms with E-state index < -0.39 is 0 Å². The first-order valence-corrected chi connectivity index (χ1v) is 6.76. The van der Waals surface area contributed by atoms with Crippen molar-refractivity contribution in [3.05, 3.63) is 23.0 Å². The van der Waals surface area contributed by atoms with E-state index in [2.05, 4.69) is 31.1 Å². The van der Waals surface area contributed by atoms with E-state index in [1.165, 1.54) is 31.2 Å². The monoisotopic (exact) mass is 252 g/mol. The molecule has 1 aliphatic carbocycles. The van der Waals surface area contributed by atoms with E-state index >= 15 is 0 Å². The first kappa shape index (κ1) is 12.7. The number of hydrogen-bond donors (Lipinski definition) is 1. The van der Waals surface area contributed by atoms with Gasteiger partial charge >= 0.3 is 0 Å². The zero-order valence-corrected chi connectivity index (χ0v) is 11.6. The Bertz CT molecular complexity index is 381. The van der Waals surface area contributed by atoms with Crippen LogP contribution in [0.25, 0.3) is 0 Å². The van der Waals surface area contributed by atoms with E-state index in [4.69, 9.17) is 11.6 Å². The van der Waals surface area contributed by atoms with Crippen LogP contribution in [0.5, 0.6) is 0 Å². The Hall–Kier alpha value is -0.760. The summed E-state index contributed by atoms with van der Waals surface area (Å²) in [5.74, 6) is 0. The Morgan fingerprint density at radius 3 is 2.82 bits per heavy atom. The average molecular weight is 253 g/mol. The standard InChI is InChI=1S/C14H21ClN2/c1-10-7-9-16-13(15)12(10)17-11-6-4-5-8-14(11,2)3/h7,9,11,17H,4-6,8H2,1-3H3. The van der Waals surface area contributed by atoms with Gasteiger partial charge in [-0.2, -0.15) is 0 Å². The maximum absolute atomic E-state index is 6.17. The second kappa shape index (κ2) is 4.85. The lowest BCUT2D eigenvalue weighted by Crippen LogP contribution is -2.39. The molecule has 0 bridgehead atoms. The number of halogens is 1. The SMILES string of the molecule is Cc1ccnc(Cl)c1NC1CCCCC1(C)C. The topological polar surface area (TPSA) is 24.9 Å². The lowest BCUT2D eigenvalue weighted by molar-refractivity contribution is 0.217. The van der Waals surface area contributed by atoms with Crippen molar-refractivity contribution >= 4 is 17.3 Å². The van der Waals surface area contributed by atoms with Crippen molar-refractivity contribution < 1.29 is 0 Å². The number of nitrogens with zero attached hydrogens (tertiary/aromatic N) is 1. The minimum Gasteiger partial charge on any atom is -0.379 e. The van der Waals surface area contributed by atoms with Crippen LogP contribution in [0.15, 0.2) is 12.3 Å². The van der Waals surface area contributed by atoms with E-state index in [1.54, 1.807) is 6.20 Å². The van der Waals surface area contributed by atoms with Gasteiger partial charge in [-0.25, -0.2) is 4.98 Å². The van der Waals surface area contributed by atoms with Crippen molar-refractivity contribution in [2.45, 2.75) is 52.5 Å². The highest BCUT2D eigenvalue weighted by Crippen LogP contribution is 2.38. The molecule has 0 amide bonds. The number of pyridine rings is 1. The van der Waals surface area contributed by atoms with Gasteiger partial charge in [0, 0.05) is 12.2 Å². The first-order valence-electron chi connectivity index (χ1n) is 6.38. The van der Waals surface area contributed by atoms with Gasteiger partial charge in [-0.15, -0.1) is 0 Å². The average Bonchev–Trinajstić information content (AvgIpc) is 2.25. The molecule has 1 fully saturated rings. The zero-order valence-electron chi connectivity index (χ0n) is 10.9. The van der Waals surface area contributed by atoms with Gasteiger partial charge in [0.15, 0.2) is 5.15 Å². The van der Waals surface area contributed by atoms with E-state index in [1.807, 2.05) is 6.07 Å². The van der Waals surface area contributed by atoms with Crippen LogP contribution in [0.1, 0.15) is 45.1 Å². The zero-order chi connectivity index (χ0) is 12.5. The number of aryl methyl sites for hydroxylation is 1. The van der Waals surface area contributed by atoms with Crippen LogP contribution >= 0.6 is 11.6 Å². The molecule has 1 unspecified atom stereocenters. The molecule has 1 heterocycles. The molecule has 0 spiro atoms. The molecule has 0 saturated heterocycles. The summed E-state index contributed by atoms with van der Waals surface area (Å²) in [5.41, 5.74) is 2.52. The molecule has 0 aliphatic heterocycles. The molecule has 1 N–H and O–H groups in total. The van der Waals surface area contributed by atoms with Crippen LogP contribution in [-0.4, -0.2) is 11.0 Å². The summed E-state index contributed by atoms with van der Waals surface area (Å²) in [6.07, 6.45) is 6.90. The molecule has 0 aromatic carbocycles. The summed E-state index contributed by atoms with van der Waals surface area (Å²) in [5, 5.41) is 4.20. The minimum absolute atomic E-state index is 0.337. The van der Waals surface area contributed by atoms with Crippen molar-refractivity contribution in [3.8, 4) is 0 Å². The molecular weight excluding hydrogens is 232 g/mol. The molecule has 2 rings (SSSR count). The van der Waals surface area contributed by atoms with Crippen LogP contribution < -0.4 is 5.32 Å². The summed E-state index contributed by atoms with van der Waals surface area (Å²) >= 11 is 6.17. The third kappa shape index (κ3) is 2.74. The van der Waals surface area contributed by atoms with Crippen LogP contribution in [0.3, 0.4) is 0 Å². The number of anilines is 1. The van der Waals surface area contributed by atoms with Gasteiger partial charge in [0.05, 0.1) is 5.69 Å². The van der Waals surface area contributed by atoms with E-state index in [-0.39, 0.29) is 0 Å². The Morgan fingerprint density at radius 2 is 2.18 bits per heavy atom. The summed E-state index contributed by atoms with van der Waals surface area (Å²) in [4.78, 5) is 4.16. The van der Waals surface area contributed by atoms with Gasteiger partial charge in [-0.3, -0.25) is 0 Å². The smallest absolute Gasteiger partial charge is 0.152 e. The van der Waals surface area contributed by atoms with Crippen molar-refractivity contribution in [2.75, 3.05) is 5.32 Å². The van der Waals surface area contributed by atoms with Gasteiger partial charge in [0.1, 0.15) is 0 Å². The van der Waals surface area contributed by atoms with E-state index in [9.17, 15) is 0 Å². The molecule has 1 atom stereocenters. The molecule has 1 aromatic rings. The minimum atomic E-state index is 0.337. The summed E-state index contributed by atoms with van der Waals surface area (Å²) < 4.78 is 0. The van der Waals surface area contributed by atoms with Crippen molar-refractivity contribution in [1.82, 2.24) is 4.98 Å². The highest BCUT2D eigenvalue weighted by atomic mass is 35.5. The molecule has 1 saturated carbocycles. The van der Waals surface area contributed by atoms with E-state index in [0.29, 0.717) is 16.6 Å². The fourth-order valence-electron chi connectivity index (χ4n) is 2.63. The quantitative estimate of drug-likeness (QED) is 0.788. The predicted molar refractivity (Wildman–Crippen MR) is 73.6 cm³/mol. The first-order chi connectivity index (χ1) is 8.00. The molecular formula is C14H21ClN2. The Morgan fingerprint density at radius 1 is 1.41 bits per heavy atom. The summed E-state index contributed by atoms with van der Waals surface area (Å²) in [6, 6.07) is 2.50. The summed E-state index contributed by atoms with van der Waals surface area (Å²) in [7, 11) is 0. The fourth-order valence-corrected chi connectivity index (χ4v) is 2.89. The largest absolute Gasteiger partial charge is 0.379 e. The fraction of sp³-hybridized carbons (Fsp3) is 0.643. The Kier molecular flexibility index (Phi) is 3.62. The maximum Gasteiger partial charge on any atom is 0.152 e. The maximum atomic E-state index is 6.17. The van der Waals surface area contributed by atoms with Gasteiger partial charge in [0.2, 0.25) is 0 Å². The lowest BCUT2D eigenvalue weighted by atomic mass is 9.73. The number of rotatable bonds is 2. The van der Waals surface area contributed by atoms with Crippen LogP contribution in [0.2, 0.25) is 5.15 Å². The normalized spacial score (nSPS) is 23.4. The molecule has 17 heavy (non-hydrogen) atoms. The van der Waals surface area contributed by atoms with Crippen LogP contribution in [0.4, 0.5) is 5.69 Å². The Labute approximate surface area is 109 Å². The van der Waals surface area contributed by atoms with Crippen LogP contribution in [-0.2, 0) is 0 Å². The molecule has 2 nitrogen and oxygen atoms in total. The van der Waals surface area contributed by atoms with Crippen molar-refractivity contribution in [3.63, 3.8) is 0 Å². The molecule has 0 radical (unpaired) electrons. The van der Waals surface area contributed by atoms with Gasteiger partial charge in [-0.1, -0.05) is 38.3 Å². The van der Waals surface area contributed by atoms with E-state index in [0.717, 1.165) is 5.69 Å². The summed E-state index contributed by atoms with van der Waals surface area (Å²) in [6.45, 7) is 6.75.